The molecule has 3 aromatic rings. The summed E-state index contributed by atoms with van der Waals surface area (Å²) in [7, 11) is 1.68. The maximum Gasteiger partial charge on any atom is 0.226 e. The van der Waals surface area contributed by atoms with E-state index in [1.165, 1.54) is 5.56 Å². The SMILES string of the molecule is COc1ccc(CN2CCC3NNc4nc(NCc5cccnc5)nc2c43)cc1. The summed E-state index contributed by atoms with van der Waals surface area (Å²) in [6.45, 7) is 2.35. The first-order valence-corrected chi connectivity index (χ1v) is 9.74. The molecule has 0 spiro atoms. The largest absolute Gasteiger partial charge is 0.497 e. The van der Waals surface area contributed by atoms with Crippen LogP contribution in [0.2, 0.25) is 0 Å². The van der Waals surface area contributed by atoms with Gasteiger partial charge in [0, 0.05) is 32.0 Å². The van der Waals surface area contributed by atoms with E-state index < -0.39 is 0 Å². The number of nitrogens with zero attached hydrogens (tertiary/aromatic N) is 4. The van der Waals surface area contributed by atoms with Crippen molar-refractivity contribution in [3.05, 3.63) is 65.5 Å². The van der Waals surface area contributed by atoms with E-state index in [9.17, 15) is 0 Å². The van der Waals surface area contributed by atoms with Gasteiger partial charge in [0.2, 0.25) is 5.95 Å². The highest BCUT2D eigenvalue weighted by Gasteiger charge is 2.34. The average molecular weight is 389 g/mol. The zero-order chi connectivity index (χ0) is 19.6. The zero-order valence-electron chi connectivity index (χ0n) is 16.2. The smallest absolute Gasteiger partial charge is 0.226 e. The molecule has 29 heavy (non-hydrogen) atoms. The number of hydrogen-bond acceptors (Lipinski definition) is 8. The van der Waals surface area contributed by atoms with Gasteiger partial charge < -0.3 is 20.4 Å². The van der Waals surface area contributed by atoms with Crippen LogP contribution in [0.5, 0.6) is 5.75 Å². The van der Waals surface area contributed by atoms with Crippen molar-refractivity contribution in [2.45, 2.75) is 25.6 Å². The molecular weight excluding hydrogens is 366 g/mol. The lowest BCUT2D eigenvalue weighted by Crippen LogP contribution is -2.34. The van der Waals surface area contributed by atoms with Gasteiger partial charge in [-0.05, 0) is 35.7 Å². The van der Waals surface area contributed by atoms with Gasteiger partial charge in [0.05, 0.1) is 18.7 Å². The van der Waals surface area contributed by atoms with Crippen molar-refractivity contribution in [1.29, 1.82) is 0 Å². The van der Waals surface area contributed by atoms with E-state index in [2.05, 4.69) is 43.2 Å². The number of methoxy groups -OCH3 is 1. The second-order valence-corrected chi connectivity index (χ2v) is 7.23. The Morgan fingerprint density at radius 2 is 2.07 bits per heavy atom. The maximum absolute atomic E-state index is 5.27. The van der Waals surface area contributed by atoms with Crippen molar-refractivity contribution < 1.29 is 4.74 Å². The van der Waals surface area contributed by atoms with Crippen LogP contribution in [0.15, 0.2) is 48.8 Å². The molecular formula is C21H23N7O. The molecule has 0 saturated heterocycles. The fourth-order valence-electron chi connectivity index (χ4n) is 3.82. The predicted molar refractivity (Wildman–Crippen MR) is 112 cm³/mol. The summed E-state index contributed by atoms with van der Waals surface area (Å²) in [4.78, 5) is 16.0. The Labute approximate surface area is 169 Å². The van der Waals surface area contributed by atoms with Gasteiger partial charge in [-0.1, -0.05) is 18.2 Å². The topological polar surface area (TPSA) is 87.2 Å². The number of hydrazine groups is 1. The van der Waals surface area contributed by atoms with Crippen molar-refractivity contribution in [1.82, 2.24) is 20.4 Å². The molecule has 0 amide bonds. The highest BCUT2D eigenvalue weighted by molar-refractivity contribution is 5.67. The summed E-state index contributed by atoms with van der Waals surface area (Å²) in [6, 6.07) is 12.4. The third kappa shape index (κ3) is 3.54. The molecule has 148 valence electrons. The van der Waals surface area contributed by atoms with Gasteiger partial charge in [0.15, 0.2) is 5.82 Å². The molecule has 0 saturated carbocycles. The van der Waals surface area contributed by atoms with Crippen molar-refractivity contribution in [3.63, 3.8) is 0 Å². The van der Waals surface area contributed by atoms with Crippen LogP contribution in [0.3, 0.4) is 0 Å². The van der Waals surface area contributed by atoms with Gasteiger partial charge in [-0.3, -0.25) is 4.98 Å². The molecule has 8 heteroatoms. The first kappa shape index (κ1) is 17.7. The molecule has 3 N–H and O–H groups in total. The average Bonchev–Trinajstić information content (AvgIpc) is 3.19. The summed E-state index contributed by atoms with van der Waals surface area (Å²) >= 11 is 0. The second kappa shape index (κ2) is 7.56. The Kier molecular flexibility index (Phi) is 4.61. The Bertz CT molecular complexity index is 994. The molecule has 2 aromatic heterocycles. The van der Waals surface area contributed by atoms with Crippen LogP contribution in [0.25, 0.3) is 0 Å². The van der Waals surface area contributed by atoms with E-state index in [0.717, 1.165) is 48.0 Å². The van der Waals surface area contributed by atoms with Gasteiger partial charge in [-0.2, -0.15) is 9.97 Å². The number of benzene rings is 1. The first-order valence-electron chi connectivity index (χ1n) is 9.74. The third-order valence-corrected chi connectivity index (χ3v) is 5.33. The molecule has 0 fully saturated rings. The molecule has 1 unspecified atom stereocenters. The molecule has 0 radical (unpaired) electrons. The van der Waals surface area contributed by atoms with Gasteiger partial charge in [0.25, 0.3) is 0 Å². The molecule has 2 aliphatic rings. The van der Waals surface area contributed by atoms with Crippen LogP contribution in [-0.4, -0.2) is 28.6 Å². The minimum Gasteiger partial charge on any atom is -0.497 e. The van der Waals surface area contributed by atoms with E-state index >= 15 is 0 Å². The highest BCUT2D eigenvalue weighted by atomic mass is 16.5. The van der Waals surface area contributed by atoms with Gasteiger partial charge in [-0.15, -0.1) is 0 Å². The number of anilines is 3. The molecule has 1 aromatic carbocycles. The summed E-state index contributed by atoms with van der Waals surface area (Å²) in [6.07, 6.45) is 4.62. The normalized spacial score (nSPS) is 16.9. The molecule has 1 atom stereocenters. The summed E-state index contributed by atoms with van der Waals surface area (Å²) in [5.74, 6) is 3.31. The molecule has 4 heterocycles. The Morgan fingerprint density at radius 3 is 2.86 bits per heavy atom. The lowest BCUT2D eigenvalue weighted by Gasteiger charge is -2.32. The van der Waals surface area contributed by atoms with Crippen LogP contribution in [0, 0.1) is 0 Å². The Balaban J connectivity index is 1.41. The van der Waals surface area contributed by atoms with E-state index in [0.29, 0.717) is 12.5 Å². The molecule has 0 aliphatic carbocycles. The van der Waals surface area contributed by atoms with Crippen LogP contribution >= 0.6 is 0 Å². The fourth-order valence-corrected chi connectivity index (χ4v) is 3.82. The van der Waals surface area contributed by atoms with E-state index in [-0.39, 0.29) is 6.04 Å². The molecule has 2 aliphatic heterocycles. The van der Waals surface area contributed by atoms with Crippen LogP contribution in [-0.2, 0) is 13.1 Å². The number of rotatable bonds is 6. The molecule has 5 rings (SSSR count). The van der Waals surface area contributed by atoms with Gasteiger partial charge >= 0.3 is 0 Å². The Hall–Kier alpha value is -3.39. The van der Waals surface area contributed by atoms with Gasteiger partial charge in [-0.25, -0.2) is 5.43 Å². The lowest BCUT2D eigenvalue weighted by molar-refractivity contribution is 0.414. The predicted octanol–water partition coefficient (Wildman–Crippen LogP) is 2.87. The number of hydrogen-bond donors (Lipinski definition) is 3. The fraction of sp³-hybridized carbons (Fsp3) is 0.286. The van der Waals surface area contributed by atoms with Gasteiger partial charge in [0.1, 0.15) is 11.6 Å². The van der Waals surface area contributed by atoms with E-state index in [1.54, 1.807) is 13.3 Å². The monoisotopic (exact) mass is 389 g/mol. The minimum atomic E-state index is 0.250. The van der Waals surface area contributed by atoms with Crippen LogP contribution in [0.1, 0.15) is 29.2 Å². The molecule has 0 bridgehead atoms. The zero-order valence-corrected chi connectivity index (χ0v) is 16.2. The van der Waals surface area contributed by atoms with Crippen molar-refractivity contribution in [2.24, 2.45) is 0 Å². The summed E-state index contributed by atoms with van der Waals surface area (Å²) in [5, 5.41) is 3.33. The minimum absolute atomic E-state index is 0.250. The molecule has 8 nitrogen and oxygen atoms in total. The quantitative estimate of drug-likeness (QED) is 0.593. The van der Waals surface area contributed by atoms with Crippen molar-refractivity contribution >= 4 is 17.6 Å². The van der Waals surface area contributed by atoms with Crippen LogP contribution < -0.4 is 25.8 Å². The Morgan fingerprint density at radius 1 is 1.17 bits per heavy atom. The summed E-state index contributed by atoms with van der Waals surface area (Å²) in [5.41, 5.74) is 10.0. The number of aromatic nitrogens is 3. The first-order chi connectivity index (χ1) is 14.3. The number of pyridine rings is 1. The highest BCUT2D eigenvalue weighted by Crippen LogP contribution is 2.41. The maximum atomic E-state index is 5.27. The van der Waals surface area contributed by atoms with E-state index in [4.69, 9.17) is 9.72 Å². The standard InChI is InChI=1S/C21H23N7O/c1-29-16-6-4-14(5-7-16)13-28-10-8-17-18-19(27-26-17)24-21(25-20(18)28)23-12-15-3-2-9-22-11-15/h2-7,9,11,17,26H,8,10,12-13H2,1H3,(H2,23,24,25,27). The van der Waals surface area contributed by atoms with Crippen LogP contribution in [0.4, 0.5) is 17.6 Å². The number of nitrogens with one attached hydrogen (secondary N) is 3. The van der Waals surface area contributed by atoms with Crippen molar-refractivity contribution in [2.75, 3.05) is 29.3 Å². The van der Waals surface area contributed by atoms with E-state index in [1.807, 2.05) is 30.5 Å². The third-order valence-electron chi connectivity index (χ3n) is 5.33. The summed E-state index contributed by atoms with van der Waals surface area (Å²) < 4.78 is 5.27. The van der Waals surface area contributed by atoms with Crippen molar-refractivity contribution in [3.8, 4) is 5.75 Å². The second-order valence-electron chi connectivity index (χ2n) is 7.23. The number of ether oxygens (including phenoxy) is 1. The lowest BCUT2D eigenvalue weighted by atomic mass is 10.0.